The van der Waals surface area contributed by atoms with Gasteiger partial charge in [0.2, 0.25) is 0 Å². The first-order valence-corrected chi connectivity index (χ1v) is 8.44. The fourth-order valence-electron chi connectivity index (χ4n) is 2.97. The van der Waals surface area contributed by atoms with Crippen molar-refractivity contribution in [3.05, 3.63) is 29.1 Å². The lowest BCUT2D eigenvalue weighted by atomic mass is 9.98. The van der Waals surface area contributed by atoms with Gasteiger partial charge in [0, 0.05) is 37.4 Å². The summed E-state index contributed by atoms with van der Waals surface area (Å²) in [5.74, 6) is 0. The molecule has 3 heteroatoms. The summed E-state index contributed by atoms with van der Waals surface area (Å²) in [5.41, 5.74) is 4.19. The van der Waals surface area contributed by atoms with Gasteiger partial charge in [0.05, 0.1) is 0 Å². The second-order valence-corrected chi connectivity index (χ2v) is 5.93. The van der Waals surface area contributed by atoms with E-state index in [2.05, 4.69) is 48.8 Å². The van der Waals surface area contributed by atoms with Crippen LogP contribution in [0.1, 0.15) is 50.4 Å². The maximum atomic E-state index is 4.54. The van der Waals surface area contributed by atoms with Gasteiger partial charge in [-0.3, -0.25) is 9.88 Å². The van der Waals surface area contributed by atoms with Crippen molar-refractivity contribution in [1.29, 1.82) is 0 Å². The highest BCUT2D eigenvalue weighted by Gasteiger charge is 2.23. The van der Waals surface area contributed by atoms with Gasteiger partial charge in [-0.15, -0.1) is 0 Å². The van der Waals surface area contributed by atoms with E-state index in [1.54, 1.807) is 0 Å². The molecule has 1 unspecified atom stereocenters. The smallest absolute Gasteiger partial charge is 0.0463 e. The Labute approximate surface area is 131 Å². The van der Waals surface area contributed by atoms with Crippen molar-refractivity contribution in [3.8, 4) is 0 Å². The van der Waals surface area contributed by atoms with Gasteiger partial charge in [0.25, 0.3) is 0 Å². The molecule has 0 fully saturated rings. The van der Waals surface area contributed by atoms with Crippen LogP contribution >= 0.6 is 0 Å². The van der Waals surface area contributed by atoms with Gasteiger partial charge >= 0.3 is 0 Å². The van der Waals surface area contributed by atoms with Gasteiger partial charge in [-0.05, 0) is 57.6 Å². The molecule has 2 heterocycles. The maximum Gasteiger partial charge on any atom is 0.0463 e. The molecule has 0 spiro atoms. The normalized spacial score (nSPS) is 16.1. The second kappa shape index (κ2) is 9.16. The van der Waals surface area contributed by atoms with Crippen molar-refractivity contribution in [2.24, 2.45) is 0 Å². The molecule has 0 amide bonds. The number of fused-ring (bicyclic) bond motifs is 1. The van der Waals surface area contributed by atoms with Crippen molar-refractivity contribution in [1.82, 2.24) is 14.8 Å². The molecule has 1 atom stereocenters. The third-order valence-electron chi connectivity index (χ3n) is 4.27. The molecule has 0 saturated heterocycles. The number of hydrogen-bond acceptors (Lipinski definition) is 3. The Kier molecular flexibility index (Phi) is 7.91. The van der Waals surface area contributed by atoms with Crippen LogP contribution in [0.5, 0.6) is 0 Å². The number of rotatable bonds is 5. The summed E-state index contributed by atoms with van der Waals surface area (Å²) in [5, 5.41) is 0. The lowest BCUT2D eigenvalue weighted by Gasteiger charge is -2.36. The largest absolute Gasteiger partial charge is 0.309 e. The number of aromatic nitrogens is 1. The Morgan fingerprint density at radius 2 is 2.05 bits per heavy atom. The van der Waals surface area contributed by atoms with Crippen LogP contribution in [0.4, 0.5) is 0 Å². The minimum Gasteiger partial charge on any atom is -0.309 e. The van der Waals surface area contributed by atoms with Crippen LogP contribution in [0, 0.1) is 6.92 Å². The van der Waals surface area contributed by atoms with Crippen molar-refractivity contribution in [3.63, 3.8) is 0 Å². The summed E-state index contributed by atoms with van der Waals surface area (Å²) in [6, 6.07) is 2.85. The van der Waals surface area contributed by atoms with E-state index in [1.807, 2.05) is 20.0 Å². The van der Waals surface area contributed by atoms with E-state index in [0.717, 1.165) is 19.5 Å². The average Bonchev–Trinajstić information content (AvgIpc) is 2.50. The molecule has 0 bridgehead atoms. The predicted octanol–water partition coefficient (Wildman–Crippen LogP) is 3.50. The summed E-state index contributed by atoms with van der Waals surface area (Å²) in [4.78, 5) is 9.48. The van der Waals surface area contributed by atoms with E-state index in [0.29, 0.717) is 6.04 Å². The van der Waals surface area contributed by atoms with E-state index >= 15 is 0 Å². The van der Waals surface area contributed by atoms with E-state index < -0.39 is 0 Å². The Morgan fingerprint density at radius 3 is 2.67 bits per heavy atom. The molecule has 21 heavy (non-hydrogen) atoms. The second-order valence-electron chi connectivity index (χ2n) is 5.93. The van der Waals surface area contributed by atoms with E-state index in [9.17, 15) is 0 Å². The minimum atomic E-state index is 0.704. The zero-order valence-corrected chi connectivity index (χ0v) is 14.8. The fraction of sp³-hybridized carbons (Fsp3) is 0.722. The molecular formula is C18H33N3. The topological polar surface area (TPSA) is 19.4 Å². The van der Waals surface area contributed by atoms with Gasteiger partial charge < -0.3 is 4.90 Å². The Hall–Kier alpha value is -0.930. The molecule has 3 nitrogen and oxygen atoms in total. The van der Waals surface area contributed by atoms with E-state index in [1.165, 1.54) is 36.2 Å². The van der Waals surface area contributed by atoms with Crippen molar-refractivity contribution < 1.29 is 0 Å². The van der Waals surface area contributed by atoms with Crippen molar-refractivity contribution >= 4 is 0 Å². The van der Waals surface area contributed by atoms with Gasteiger partial charge in [-0.2, -0.15) is 0 Å². The van der Waals surface area contributed by atoms with Gasteiger partial charge in [0.1, 0.15) is 0 Å². The molecule has 0 aromatic carbocycles. The Bertz CT molecular complexity index is 415. The summed E-state index contributed by atoms with van der Waals surface area (Å²) in [6.45, 7) is 11.9. The summed E-state index contributed by atoms with van der Waals surface area (Å²) >= 11 is 0. The SMILES string of the molecule is CC.CCC(CCN(C)C)N1CCc2nccc(C)c2C1. The molecule has 0 aliphatic carbocycles. The predicted molar refractivity (Wildman–Crippen MR) is 91.7 cm³/mol. The van der Waals surface area contributed by atoms with E-state index in [4.69, 9.17) is 0 Å². The number of aryl methyl sites for hydroxylation is 1. The van der Waals surface area contributed by atoms with Crippen LogP contribution in [0.3, 0.4) is 0 Å². The van der Waals surface area contributed by atoms with Gasteiger partial charge in [-0.1, -0.05) is 20.8 Å². The summed E-state index contributed by atoms with van der Waals surface area (Å²) in [6.07, 6.45) is 5.56. The fourth-order valence-corrected chi connectivity index (χ4v) is 2.97. The molecule has 2 rings (SSSR count). The van der Waals surface area contributed by atoms with Crippen LogP contribution in [0.25, 0.3) is 0 Å². The zero-order valence-electron chi connectivity index (χ0n) is 14.8. The molecule has 1 aliphatic heterocycles. The van der Waals surface area contributed by atoms with E-state index in [-0.39, 0.29) is 0 Å². The third kappa shape index (κ3) is 5.08. The first-order valence-electron chi connectivity index (χ1n) is 8.44. The molecule has 0 N–H and O–H groups in total. The van der Waals surface area contributed by atoms with Gasteiger partial charge in [0.15, 0.2) is 0 Å². The van der Waals surface area contributed by atoms with Crippen LogP contribution in [0.15, 0.2) is 12.3 Å². The maximum absolute atomic E-state index is 4.54. The van der Waals surface area contributed by atoms with Crippen LogP contribution < -0.4 is 0 Å². The Balaban J connectivity index is 0.00000106. The molecule has 1 aromatic heterocycles. The molecule has 0 saturated carbocycles. The third-order valence-corrected chi connectivity index (χ3v) is 4.27. The molecule has 1 aliphatic rings. The van der Waals surface area contributed by atoms with Crippen LogP contribution in [-0.2, 0) is 13.0 Å². The van der Waals surface area contributed by atoms with Crippen molar-refractivity contribution in [2.75, 3.05) is 27.2 Å². The zero-order chi connectivity index (χ0) is 15.8. The first-order chi connectivity index (χ1) is 10.1. The number of hydrogen-bond donors (Lipinski definition) is 0. The van der Waals surface area contributed by atoms with Crippen LogP contribution in [-0.4, -0.2) is 48.0 Å². The van der Waals surface area contributed by atoms with Crippen LogP contribution in [0.2, 0.25) is 0 Å². The standard InChI is InChI=1S/C16H27N3.C2H6/c1-5-14(7-10-18(3)4)19-11-8-16-15(12-19)13(2)6-9-17-16;1-2/h6,9,14H,5,7-8,10-12H2,1-4H3;1-2H3. The van der Waals surface area contributed by atoms with Gasteiger partial charge in [-0.25, -0.2) is 0 Å². The summed E-state index contributed by atoms with van der Waals surface area (Å²) in [7, 11) is 4.32. The molecule has 120 valence electrons. The Morgan fingerprint density at radius 1 is 1.33 bits per heavy atom. The minimum absolute atomic E-state index is 0.704. The van der Waals surface area contributed by atoms with Crippen molar-refractivity contribution in [2.45, 2.75) is 59.5 Å². The highest BCUT2D eigenvalue weighted by atomic mass is 15.2. The lowest BCUT2D eigenvalue weighted by molar-refractivity contribution is 0.153. The summed E-state index contributed by atoms with van der Waals surface area (Å²) < 4.78 is 0. The molecular weight excluding hydrogens is 258 g/mol. The first kappa shape index (κ1) is 18.1. The quantitative estimate of drug-likeness (QED) is 0.827. The number of nitrogens with zero attached hydrogens (tertiary/aromatic N) is 3. The highest BCUT2D eigenvalue weighted by molar-refractivity contribution is 5.30. The average molecular weight is 291 g/mol. The highest BCUT2D eigenvalue weighted by Crippen LogP contribution is 2.23. The lowest BCUT2D eigenvalue weighted by Crippen LogP contribution is -2.41. The molecule has 0 radical (unpaired) electrons. The number of pyridine rings is 1. The molecule has 1 aromatic rings. The monoisotopic (exact) mass is 291 g/mol.